The van der Waals surface area contributed by atoms with E-state index in [2.05, 4.69) is 30.7 Å². The minimum Gasteiger partial charge on any atom is -0.342 e. The zero-order valence-electron chi connectivity index (χ0n) is 19.3. The molecule has 5 aromatic rings. The van der Waals surface area contributed by atoms with Gasteiger partial charge in [-0.15, -0.1) is 10.2 Å². The minimum absolute atomic E-state index is 0.0431. The summed E-state index contributed by atoms with van der Waals surface area (Å²) in [4.78, 5) is 4.28. The van der Waals surface area contributed by atoms with Crippen molar-refractivity contribution in [2.45, 2.75) is 25.1 Å². The zero-order chi connectivity index (χ0) is 26.8. The van der Waals surface area contributed by atoms with Crippen LogP contribution >= 0.6 is 23.2 Å². The summed E-state index contributed by atoms with van der Waals surface area (Å²) >= 11 is 12.2. The van der Waals surface area contributed by atoms with Crippen molar-refractivity contribution in [3.63, 3.8) is 0 Å². The largest absolute Gasteiger partial charge is 0.404 e. The number of halogens is 6. The molecule has 0 saturated carbocycles. The molecule has 196 valence electrons. The van der Waals surface area contributed by atoms with E-state index in [1.54, 1.807) is 42.3 Å². The standard InChI is InChI=1S/C22H16Cl2F4N10/c1-35-18(2-3-30-35)32-17-5-13(14(24)7-29-17)11-4-15-20-33-34-21(22(27,28)37-9-12(23)6-31-37)38(20)16(19(25)26)10-36(15)8-11/h2-9,16,19H,10H2,1H3,(H,29,32)/t16-/m1/s1. The SMILES string of the molecule is Cn1nccc1Nc1cc(-c2cc3n(c2)C[C@H](C(F)F)n2c-3nnc2C(F)(F)n2cc(Cl)cn2)c(Cl)cn1. The van der Waals surface area contributed by atoms with Gasteiger partial charge < -0.3 is 9.88 Å². The molecule has 6 heterocycles. The van der Waals surface area contributed by atoms with Crippen molar-refractivity contribution < 1.29 is 17.6 Å². The number of nitrogens with zero attached hydrogens (tertiary/aromatic N) is 9. The molecule has 0 spiro atoms. The van der Waals surface area contributed by atoms with Crippen molar-refractivity contribution >= 4 is 34.8 Å². The van der Waals surface area contributed by atoms with Crippen LogP contribution in [0.1, 0.15) is 11.9 Å². The first-order valence-electron chi connectivity index (χ1n) is 11.1. The summed E-state index contributed by atoms with van der Waals surface area (Å²) in [6.07, 6.45) is 3.59. The lowest BCUT2D eigenvalue weighted by atomic mass is 10.1. The third-order valence-electron chi connectivity index (χ3n) is 6.18. The van der Waals surface area contributed by atoms with E-state index in [1.165, 1.54) is 10.8 Å². The molecule has 0 fully saturated rings. The first-order valence-corrected chi connectivity index (χ1v) is 11.8. The van der Waals surface area contributed by atoms with Crippen LogP contribution in [0.2, 0.25) is 10.0 Å². The minimum atomic E-state index is -3.89. The summed E-state index contributed by atoms with van der Waals surface area (Å²) in [5.41, 5.74) is 1.42. The molecule has 0 unspecified atom stereocenters. The normalized spacial score (nSPS) is 15.1. The number of pyridine rings is 1. The topological polar surface area (TPSA) is 96.2 Å². The van der Waals surface area contributed by atoms with Crippen LogP contribution in [0.3, 0.4) is 0 Å². The van der Waals surface area contributed by atoms with Gasteiger partial charge in [-0.2, -0.15) is 19.0 Å². The summed E-state index contributed by atoms with van der Waals surface area (Å²) in [5.74, 6) is 0.0303. The smallest absolute Gasteiger partial charge is 0.342 e. The van der Waals surface area contributed by atoms with Gasteiger partial charge in [-0.3, -0.25) is 9.25 Å². The number of rotatable bonds is 6. The highest BCUT2D eigenvalue weighted by molar-refractivity contribution is 6.33. The van der Waals surface area contributed by atoms with Gasteiger partial charge in [0, 0.05) is 43.2 Å². The Bertz CT molecular complexity index is 1650. The van der Waals surface area contributed by atoms with E-state index in [0.29, 0.717) is 33.5 Å². The lowest BCUT2D eigenvalue weighted by molar-refractivity contribution is -0.0644. The van der Waals surface area contributed by atoms with E-state index >= 15 is 8.78 Å². The Balaban J connectivity index is 1.43. The van der Waals surface area contributed by atoms with E-state index in [1.807, 2.05) is 0 Å². The van der Waals surface area contributed by atoms with Crippen molar-refractivity contribution in [1.29, 1.82) is 0 Å². The first kappa shape index (κ1) is 24.4. The molecular weight excluding hydrogens is 551 g/mol. The van der Waals surface area contributed by atoms with Crippen LogP contribution in [0.25, 0.3) is 22.6 Å². The fraction of sp³-hybridized carbons (Fsp3) is 0.227. The van der Waals surface area contributed by atoms with E-state index < -0.39 is 24.3 Å². The highest BCUT2D eigenvalue weighted by Gasteiger charge is 2.46. The molecule has 1 N–H and O–H groups in total. The van der Waals surface area contributed by atoms with Crippen molar-refractivity contribution in [3.05, 3.63) is 65.1 Å². The van der Waals surface area contributed by atoms with Gasteiger partial charge in [-0.1, -0.05) is 23.2 Å². The molecule has 0 radical (unpaired) electrons. The predicted octanol–water partition coefficient (Wildman–Crippen LogP) is 5.21. The molecule has 0 bridgehead atoms. The Morgan fingerprint density at radius 3 is 2.61 bits per heavy atom. The van der Waals surface area contributed by atoms with E-state index in [0.717, 1.165) is 17.0 Å². The molecule has 1 atom stereocenters. The van der Waals surface area contributed by atoms with Crippen LogP contribution < -0.4 is 5.32 Å². The maximum absolute atomic E-state index is 15.3. The van der Waals surface area contributed by atoms with Gasteiger partial charge in [0.1, 0.15) is 17.7 Å². The van der Waals surface area contributed by atoms with Crippen molar-refractivity contribution in [2.24, 2.45) is 7.05 Å². The Hall–Kier alpha value is -3.91. The van der Waals surface area contributed by atoms with Gasteiger partial charge in [0.2, 0.25) is 5.82 Å². The fourth-order valence-corrected chi connectivity index (χ4v) is 4.72. The number of hydrogen-bond donors (Lipinski definition) is 1. The molecule has 0 amide bonds. The molecule has 1 aliphatic rings. The number of aryl methyl sites for hydroxylation is 1. The number of fused-ring (bicyclic) bond motifs is 3. The Morgan fingerprint density at radius 1 is 1.11 bits per heavy atom. The van der Waals surface area contributed by atoms with Gasteiger partial charge in [-0.25, -0.2) is 18.4 Å². The van der Waals surface area contributed by atoms with Crippen LogP contribution in [0.15, 0.2) is 49.2 Å². The molecular formula is C22H16Cl2F4N10. The predicted molar refractivity (Wildman–Crippen MR) is 130 cm³/mol. The van der Waals surface area contributed by atoms with Crippen molar-refractivity contribution in [2.75, 3.05) is 5.32 Å². The van der Waals surface area contributed by atoms with Gasteiger partial charge in [0.25, 0.3) is 6.43 Å². The molecule has 0 saturated heterocycles. The molecule has 0 aromatic carbocycles. The summed E-state index contributed by atoms with van der Waals surface area (Å²) < 4.78 is 63.2. The quantitative estimate of drug-likeness (QED) is 0.283. The van der Waals surface area contributed by atoms with Gasteiger partial charge in [-0.05, 0) is 12.1 Å². The molecule has 5 aromatic heterocycles. The average Bonchev–Trinajstić information content (AvgIpc) is 3.66. The molecule has 6 rings (SSSR count). The van der Waals surface area contributed by atoms with Crippen LogP contribution in [-0.4, -0.2) is 50.3 Å². The van der Waals surface area contributed by atoms with Gasteiger partial charge >= 0.3 is 6.05 Å². The van der Waals surface area contributed by atoms with E-state index in [9.17, 15) is 8.78 Å². The summed E-state index contributed by atoms with van der Waals surface area (Å²) in [6.45, 7) is -0.302. The second-order valence-electron chi connectivity index (χ2n) is 8.54. The molecule has 1 aliphatic heterocycles. The zero-order valence-corrected chi connectivity index (χ0v) is 20.8. The highest BCUT2D eigenvalue weighted by atomic mass is 35.5. The van der Waals surface area contributed by atoms with Gasteiger partial charge in [0.05, 0.1) is 34.3 Å². The Morgan fingerprint density at radius 2 is 1.92 bits per heavy atom. The second kappa shape index (κ2) is 8.84. The van der Waals surface area contributed by atoms with Gasteiger partial charge in [0.15, 0.2) is 5.82 Å². The molecule has 10 nitrogen and oxygen atoms in total. The number of alkyl halides is 4. The summed E-state index contributed by atoms with van der Waals surface area (Å²) in [5, 5.41) is 18.5. The van der Waals surface area contributed by atoms with Crippen molar-refractivity contribution in [1.82, 2.24) is 43.9 Å². The number of nitrogens with one attached hydrogen (secondary N) is 1. The second-order valence-corrected chi connectivity index (χ2v) is 9.39. The molecule has 0 aliphatic carbocycles. The fourth-order valence-electron chi connectivity index (χ4n) is 4.37. The van der Waals surface area contributed by atoms with E-state index in [-0.39, 0.29) is 22.1 Å². The maximum Gasteiger partial charge on any atom is 0.404 e. The highest BCUT2D eigenvalue weighted by Crippen LogP contribution is 2.42. The van der Waals surface area contributed by atoms with Crippen LogP contribution in [0.5, 0.6) is 0 Å². The molecule has 16 heteroatoms. The Labute approximate surface area is 221 Å². The number of hydrogen-bond acceptors (Lipinski definition) is 6. The van der Waals surface area contributed by atoms with Crippen LogP contribution in [0, 0.1) is 0 Å². The average molecular weight is 567 g/mol. The number of anilines is 2. The monoisotopic (exact) mass is 566 g/mol. The lowest BCUT2D eigenvalue weighted by Gasteiger charge is -2.29. The third-order valence-corrected chi connectivity index (χ3v) is 6.68. The number of aromatic nitrogens is 9. The maximum atomic E-state index is 15.3. The summed E-state index contributed by atoms with van der Waals surface area (Å²) in [6, 6.07) is -0.467. The van der Waals surface area contributed by atoms with E-state index in [4.69, 9.17) is 23.2 Å². The van der Waals surface area contributed by atoms with Crippen LogP contribution in [0.4, 0.5) is 29.2 Å². The molecule has 38 heavy (non-hydrogen) atoms. The first-order chi connectivity index (χ1) is 18.1. The summed E-state index contributed by atoms with van der Waals surface area (Å²) in [7, 11) is 1.76. The third kappa shape index (κ3) is 3.91. The van der Waals surface area contributed by atoms with Crippen LogP contribution in [-0.2, 0) is 19.6 Å². The lowest BCUT2D eigenvalue weighted by Crippen LogP contribution is -2.35. The Kier molecular flexibility index (Phi) is 5.68. The van der Waals surface area contributed by atoms with Crippen molar-refractivity contribution in [3.8, 4) is 22.6 Å².